The molecule has 9 nitrogen and oxygen atoms in total. The van der Waals surface area contributed by atoms with Crippen LogP contribution in [0.25, 0.3) is 22.2 Å². The molecule has 28 heavy (non-hydrogen) atoms. The van der Waals surface area contributed by atoms with Crippen molar-refractivity contribution in [2.75, 3.05) is 0 Å². The van der Waals surface area contributed by atoms with E-state index in [9.17, 15) is 14.8 Å². The topological polar surface area (TPSA) is 114 Å². The van der Waals surface area contributed by atoms with Gasteiger partial charge in [-0.1, -0.05) is 4.98 Å². The number of aromatic nitrogens is 5. The summed E-state index contributed by atoms with van der Waals surface area (Å²) < 4.78 is 7.38. The lowest BCUT2D eigenvalue weighted by molar-refractivity contribution is -0.615. The van der Waals surface area contributed by atoms with E-state index in [1.165, 1.54) is 30.2 Å². The summed E-state index contributed by atoms with van der Waals surface area (Å²) in [4.78, 5) is 32.6. The van der Waals surface area contributed by atoms with Gasteiger partial charge < -0.3 is 9.94 Å². The molecule has 0 N–H and O–H groups in total. The molecule has 0 spiro atoms. The SMILES string of the molecule is CC(=O)c1nn(CC(=O)OC(C)(C)C)c2cnc(-c3cnc(C)[n+]([O-])c3)cc12. The molecule has 0 aromatic carbocycles. The minimum atomic E-state index is -0.624. The number of carbonyl (C=O) groups excluding carboxylic acids is 2. The van der Waals surface area contributed by atoms with Gasteiger partial charge in [0.25, 0.3) is 5.82 Å². The Morgan fingerprint density at radius 1 is 1.25 bits per heavy atom. The molecule has 0 aliphatic carbocycles. The third-order valence-electron chi connectivity index (χ3n) is 3.93. The summed E-state index contributed by atoms with van der Waals surface area (Å²) in [5, 5.41) is 16.6. The Morgan fingerprint density at radius 2 is 1.96 bits per heavy atom. The number of rotatable bonds is 4. The lowest BCUT2D eigenvalue weighted by atomic mass is 10.1. The zero-order valence-corrected chi connectivity index (χ0v) is 16.4. The van der Waals surface area contributed by atoms with Gasteiger partial charge in [0.1, 0.15) is 24.0 Å². The quantitative estimate of drug-likeness (QED) is 0.293. The Labute approximate surface area is 161 Å². The van der Waals surface area contributed by atoms with E-state index in [0.717, 1.165) is 0 Å². The smallest absolute Gasteiger partial charge is 0.328 e. The van der Waals surface area contributed by atoms with E-state index >= 15 is 0 Å². The van der Waals surface area contributed by atoms with Crippen LogP contribution in [0.3, 0.4) is 0 Å². The van der Waals surface area contributed by atoms with Crippen molar-refractivity contribution in [3.8, 4) is 11.3 Å². The summed E-state index contributed by atoms with van der Waals surface area (Å²) in [5.41, 5.74) is 1.11. The molecule has 0 fully saturated rings. The molecule has 0 saturated heterocycles. The highest BCUT2D eigenvalue weighted by Crippen LogP contribution is 2.24. The van der Waals surface area contributed by atoms with Crippen LogP contribution in [0.15, 0.2) is 24.7 Å². The first kappa shape index (κ1) is 19.4. The predicted octanol–water partition coefficient (Wildman–Crippen LogP) is 1.98. The summed E-state index contributed by atoms with van der Waals surface area (Å²) in [5.74, 6) is -0.392. The maximum atomic E-state index is 12.2. The first-order chi connectivity index (χ1) is 13.0. The van der Waals surface area contributed by atoms with Crippen LogP contribution in [0.2, 0.25) is 0 Å². The summed E-state index contributed by atoms with van der Waals surface area (Å²) in [6.45, 7) is 8.19. The van der Waals surface area contributed by atoms with Gasteiger partial charge in [-0.05, 0) is 26.8 Å². The minimum Gasteiger partial charge on any atom is -0.711 e. The maximum Gasteiger partial charge on any atom is 0.328 e. The molecule has 3 heterocycles. The number of nitrogens with zero attached hydrogens (tertiary/aromatic N) is 5. The van der Waals surface area contributed by atoms with Crippen molar-refractivity contribution in [3.05, 3.63) is 41.4 Å². The van der Waals surface area contributed by atoms with Gasteiger partial charge >= 0.3 is 5.97 Å². The van der Waals surface area contributed by atoms with Gasteiger partial charge in [0, 0.05) is 19.2 Å². The molecule has 0 amide bonds. The van der Waals surface area contributed by atoms with E-state index in [0.29, 0.717) is 32.7 Å². The average molecular weight is 383 g/mol. The molecule has 0 unspecified atom stereocenters. The molecule has 0 aliphatic rings. The summed E-state index contributed by atoms with van der Waals surface area (Å²) in [6.07, 6.45) is 4.43. The number of esters is 1. The van der Waals surface area contributed by atoms with Crippen molar-refractivity contribution < 1.29 is 19.1 Å². The Bertz CT molecular complexity index is 1080. The zero-order chi connectivity index (χ0) is 20.6. The summed E-state index contributed by atoms with van der Waals surface area (Å²) >= 11 is 0. The number of fused-ring (bicyclic) bond motifs is 1. The Kier molecular flexibility index (Phi) is 4.84. The lowest BCUT2D eigenvalue weighted by Crippen LogP contribution is -2.30. The molecule has 0 saturated carbocycles. The van der Waals surface area contributed by atoms with E-state index in [1.54, 1.807) is 33.8 Å². The van der Waals surface area contributed by atoms with Crippen LogP contribution >= 0.6 is 0 Å². The Morgan fingerprint density at radius 3 is 2.57 bits per heavy atom. The first-order valence-corrected chi connectivity index (χ1v) is 8.70. The summed E-state index contributed by atoms with van der Waals surface area (Å²) in [6, 6.07) is 1.66. The van der Waals surface area contributed by atoms with Gasteiger partial charge in [-0.15, -0.1) is 0 Å². The predicted molar refractivity (Wildman–Crippen MR) is 100 cm³/mol. The second kappa shape index (κ2) is 6.99. The Hall–Kier alpha value is -3.36. The molecule has 0 radical (unpaired) electrons. The van der Waals surface area contributed by atoms with Crippen LogP contribution < -0.4 is 4.73 Å². The number of pyridine rings is 1. The first-order valence-electron chi connectivity index (χ1n) is 8.70. The van der Waals surface area contributed by atoms with Crippen LogP contribution in [0.4, 0.5) is 0 Å². The van der Waals surface area contributed by atoms with Crippen molar-refractivity contribution in [3.63, 3.8) is 0 Å². The van der Waals surface area contributed by atoms with E-state index in [4.69, 9.17) is 4.74 Å². The van der Waals surface area contributed by atoms with E-state index in [2.05, 4.69) is 15.1 Å². The highest BCUT2D eigenvalue weighted by atomic mass is 16.6. The molecule has 0 atom stereocenters. The molecule has 146 valence electrons. The molecule has 0 bridgehead atoms. The highest BCUT2D eigenvalue weighted by Gasteiger charge is 2.21. The number of ether oxygens (including phenoxy) is 1. The van der Waals surface area contributed by atoms with E-state index in [1.807, 2.05) is 0 Å². The summed E-state index contributed by atoms with van der Waals surface area (Å²) in [7, 11) is 0. The van der Waals surface area contributed by atoms with Crippen LogP contribution in [0.1, 0.15) is 44.0 Å². The molecule has 3 rings (SSSR count). The Balaban J connectivity index is 2.05. The van der Waals surface area contributed by atoms with Crippen molar-refractivity contribution >= 4 is 22.7 Å². The van der Waals surface area contributed by atoms with Gasteiger partial charge in [-0.25, -0.2) is 4.73 Å². The molecular formula is C19H21N5O4. The van der Waals surface area contributed by atoms with Crippen LogP contribution in [0.5, 0.6) is 0 Å². The molecule has 3 aromatic heterocycles. The second-order valence-corrected chi connectivity index (χ2v) is 7.45. The monoisotopic (exact) mass is 383 g/mol. The normalized spacial score (nSPS) is 11.6. The maximum absolute atomic E-state index is 12.2. The zero-order valence-electron chi connectivity index (χ0n) is 16.4. The fourth-order valence-corrected chi connectivity index (χ4v) is 2.71. The van der Waals surface area contributed by atoms with E-state index in [-0.39, 0.29) is 18.0 Å². The largest absolute Gasteiger partial charge is 0.711 e. The highest BCUT2D eigenvalue weighted by molar-refractivity contribution is 6.05. The number of Topliss-reactive ketones (excluding diaryl/α,β-unsaturated/α-hetero) is 1. The lowest BCUT2D eigenvalue weighted by Gasteiger charge is -2.19. The third-order valence-corrected chi connectivity index (χ3v) is 3.93. The number of aryl methyl sites for hydroxylation is 1. The number of hydrogen-bond donors (Lipinski definition) is 0. The average Bonchev–Trinajstić information content (AvgIpc) is 2.93. The third kappa shape index (κ3) is 3.98. The standard InChI is InChI=1S/C19H21N5O4/c1-11(25)18-14-6-15(13-7-20-12(2)24(27)9-13)21-8-16(14)23(22-18)10-17(26)28-19(3,4)5/h6-9H,10H2,1-5H3. The van der Waals surface area contributed by atoms with Gasteiger partial charge in [0.15, 0.2) is 12.0 Å². The molecule has 9 heteroatoms. The second-order valence-electron chi connectivity index (χ2n) is 7.45. The van der Waals surface area contributed by atoms with Crippen molar-refractivity contribution in [2.45, 2.75) is 46.8 Å². The number of ketones is 1. The fraction of sp³-hybridized carbons (Fsp3) is 0.368. The molecule has 3 aromatic rings. The van der Waals surface area contributed by atoms with Gasteiger partial charge in [0.05, 0.1) is 23.0 Å². The van der Waals surface area contributed by atoms with Gasteiger partial charge in [-0.2, -0.15) is 5.10 Å². The van der Waals surface area contributed by atoms with Crippen molar-refractivity contribution in [1.29, 1.82) is 0 Å². The van der Waals surface area contributed by atoms with Gasteiger partial charge in [-0.3, -0.25) is 19.3 Å². The molecular weight excluding hydrogens is 362 g/mol. The van der Waals surface area contributed by atoms with Crippen LogP contribution in [-0.2, 0) is 16.1 Å². The van der Waals surface area contributed by atoms with Gasteiger partial charge in [0.2, 0.25) is 0 Å². The fourth-order valence-electron chi connectivity index (χ4n) is 2.71. The van der Waals surface area contributed by atoms with Crippen molar-refractivity contribution in [1.82, 2.24) is 19.7 Å². The van der Waals surface area contributed by atoms with Crippen LogP contribution in [0, 0.1) is 12.1 Å². The van der Waals surface area contributed by atoms with Crippen molar-refractivity contribution in [2.24, 2.45) is 0 Å². The van der Waals surface area contributed by atoms with Crippen LogP contribution in [-0.4, -0.2) is 37.1 Å². The number of carbonyl (C=O) groups is 2. The molecule has 0 aliphatic heterocycles. The minimum absolute atomic E-state index is 0.144. The number of hydrogen-bond acceptors (Lipinski definition) is 7. The van der Waals surface area contributed by atoms with E-state index < -0.39 is 11.6 Å².